The summed E-state index contributed by atoms with van der Waals surface area (Å²) in [5.41, 5.74) is 0.170. The third-order valence-electron chi connectivity index (χ3n) is 3.59. The monoisotopic (exact) mass is 229 g/mol. The van der Waals surface area contributed by atoms with Gasteiger partial charge in [0.2, 0.25) is 0 Å². The molecule has 0 bridgehead atoms. The van der Waals surface area contributed by atoms with E-state index in [-0.39, 0.29) is 18.8 Å². The molecule has 1 rings (SSSR count). The zero-order valence-corrected chi connectivity index (χ0v) is 10.9. The summed E-state index contributed by atoms with van der Waals surface area (Å²) >= 11 is 0. The Morgan fingerprint density at radius 1 is 1.25 bits per heavy atom. The van der Waals surface area contributed by atoms with Gasteiger partial charge in [-0.05, 0) is 43.6 Å². The van der Waals surface area contributed by atoms with Crippen molar-refractivity contribution in [2.75, 3.05) is 19.8 Å². The van der Waals surface area contributed by atoms with Crippen LogP contribution in [0.2, 0.25) is 0 Å². The minimum Gasteiger partial charge on any atom is -0.396 e. The van der Waals surface area contributed by atoms with Gasteiger partial charge < -0.3 is 15.5 Å². The van der Waals surface area contributed by atoms with E-state index < -0.39 is 0 Å². The van der Waals surface area contributed by atoms with Gasteiger partial charge in [0, 0.05) is 12.1 Å². The second-order valence-corrected chi connectivity index (χ2v) is 6.30. The average molecular weight is 229 g/mol. The molecule has 96 valence electrons. The predicted octanol–water partition coefficient (Wildman–Crippen LogP) is 1.54. The topological polar surface area (TPSA) is 52.5 Å². The lowest BCUT2D eigenvalue weighted by molar-refractivity contribution is 0.0357. The van der Waals surface area contributed by atoms with Crippen LogP contribution >= 0.6 is 0 Å². The maximum Gasteiger partial charge on any atom is 0.0613 e. The van der Waals surface area contributed by atoms with Crippen LogP contribution < -0.4 is 5.32 Å². The van der Waals surface area contributed by atoms with E-state index in [1.165, 1.54) is 6.42 Å². The summed E-state index contributed by atoms with van der Waals surface area (Å²) in [7, 11) is 0. The minimum atomic E-state index is -0.129. The molecule has 3 nitrogen and oxygen atoms in total. The van der Waals surface area contributed by atoms with E-state index in [0.29, 0.717) is 11.3 Å². The first-order chi connectivity index (χ1) is 7.43. The number of aliphatic hydroxyl groups excluding tert-OH is 2. The van der Waals surface area contributed by atoms with Gasteiger partial charge in [-0.2, -0.15) is 0 Å². The number of nitrogens with one attached hydrogen (secondary N) is 1. The highest BCUT2D eigenvalue weighted by Gasteiger charge is 2.41. The van der Waals surface area contributed by atoms with Crippen molar-refractivity contribution < 1.29 is 10.2 Å². The molecule has 0 unspecified atom stereocenters. The number of aliphatic hydroxyl groups is 2. The maximum atomic E-state index is 9.67. The molecule has 0 aromatic rings. The third-order valence-corrected chi connectivity index (χ3v) is 3.59. The summed E-state index contributed by atoms with van der Waals surface area (Å²) < 4.78 is 0. The SMILES string of the molecule is C[C@@H]1CC(C)(C)C[C@@](CO)(NCCCO)C1. The van der Waals surface area contributed by atoms with Crippen LogP contribution in [0.1, 0.15) is 46.5 Å². The highest BCUT2D eigenvalue weighted by molar-refractivity contribution is 4.98. The quantitative estimate of drug-likeness (QED) is 0.627. The van der Waals surface area contributed by atoms with Crippen molar-refractivity contribution in [3.05, 3.63) is 0 Å². The first kappa shape index (κ1) is 13.9. The zero-order valence-electron chi connectivity index (χ0n) is 10.9. The molecule has 0 radical (unpaired) electrons. The molecule has 16 heavy (non-hydrogen) atoms. The zero-order chi connectivity index (χ0) is 12.2. The fourth-order valence-electron chi connectivity index (χ4n) is 3.49. The van der Waals surface area contributed by atoms with Crippen molar-refractivity contribution in [2.24, 2.45) is 11.3 Å². The van der Waals surface area contributed by atoms with E-state index in [1.807, 2.05) is 0 Å². The number of hydrogen-bond acceptors (Lipinski definition) is 3. The second kappa shape index (κ2) is 5.48. The van der Waals surface area contributed by atoms with E-state index >= 15 is 0 Å². The van der Waals surface area contributed by atoms with E-state index in [1.54, 1.807) is 0 Å². The highest BCUT2D eigenvalue weighted by Crippen LogP contribution is 2.43. The first-order valence-electron chi connectivity index (χ1n) is 6.40. The van der Waals surface area contributed by atoms with E-state index in [9.17, 15) is 5.11 Å². The second-order valence-electron chi connectivity index (χ2n) is 6.30. The molecule has 0 aromatic carbocycles. The Labute approximate surface area is 99.3 Å². The summed E-state index contributed by atoms with van der Waals surface area (Å²) in [5, 5.41) is 21.9. The van der Waals surface area contributed by atoms with Crippen molar-refractivity contribution in [3.8, 4) is 0 Å². The summed E-state index contributed by atoms with van der Waals surface area (Å²) in [6.07, 6.45) is 4.05. The van der Waals surface area contributed by atoms with Gasteiger partial charge in [0.05, 0.1) is 6.61 Å². The molecule has 1 saturated carbocycles. The Kier molecular flexibility index (Phi) is 4.77. The Balaban J connectivity index is 2.62. The number of hydrogen-bond donors (Lipinski definition) is 3. The van der Waals surface area contributed by atoms with Crippen LogP contribution in [0, 0.1) is 11.3 Å². The van der Waals surface area contributed by atoms with Crippen molar-refractivity contribution in [1.29, 1.82) is 0 Å². The molecule has 0 spiro atoms. The van der Waals surface area contributed by atoms with E-state index in [2.05, 4.69) is 26.1 Å². The van der Waals surface area contributed by atoms with Gasteiger partial charge in [0.25, 0.3) is 0 Å². The molecule has 0 aliphatic heterocycles. The third kappa shape index (κ3) is 3.72. The van der Waals surface area contributed by atoms with Crippen LogP contribution in [0.3, 0.4) is 0 Å². The van der Waals surface area contributed by atoms with E-state index in [4.69, 9.17) is 5.11 Å². The molecule has 1 aliphatic carbocycles. The van der Waals surface area contributed by atoms with Gasteiger partial charge in [-0.3, -0.25) is 0 Å². The van der Waals surface area contributed by atoms with E-state index in [0.717, 1.165) is 25.8 Å². The van der Waals surface area contributed by atoms with Crippen molar-refractivity contribution in [1.82, 2.24) is 5.32 Å². The average Bonchev–Trinajstić information content (AvgIpc) is 2.15. The lowest BCUT2D eigenvalue weighted by Gasteiger charge is -2.47. The standard InChI is InChI=1S/C13H27NO2/c1-11-7-12(2,3)9-13(8-11,10-16)14-5-4-6-15/h11,14-16H,4-10H2,1-3H3/t11-,13+/m1/s1. The molecule has 0 amide bonds. The number of rotatable bonds is 5. The summed E-state index contributed by atoms with van der Waals surface area (Å²) in [6.45, 7) is 8.03. The minimum absolute atomic E-state index is 0.129. The molecule has 1 aliphatic rings. The van der Waals surface area contributed by atoms with Crippen LogP contribution in [-0.2, 0) is 0 Å². The summed E-state index contributed by atoms with van der Waals surface area (Å²) in [5.74, 6) is 0.650. The highest BCUT2D eigenvalue weighted by atomic mass is 16.3. The molecule has 3 heteroatoms. The lowest BCUT2D eigenvalue weighted by Crippen LogP contribution is -2.55. The van der Waals surface area contributed by atoms with Crippen molar-refractivity contribution in [3.63, 3.8) is 0 Å². The van der Waals surface area contributed by atoms with Crippen LogP contribution in [-0.4, -0.2) is 35.5 Å². The van der Waals surface area contributed by atoms with Crippen LogP contribution in [0.25, 0.3) is 0 Å². The fraction of sp³-hybridized carbons (Fsp3) is 1.00. The predicted molar refractivity (Wildman–Crippen MR) is 66.3 cm³/mol. The van der Waals surface area contributed by atoms with Crippen molar-refractivity contribution >= 4 is 0 Å². The lowest BCUT2D eigenvalue weighted by atomic mass is 9.64. The van der Waals surface area contributed by atoms with Crippen molar-refractivity contribution in [2.45, 2.75) is 52.0 Å². The van der Waals surface area contributed by atoms with Crippen LogP contribution in [0.4, 0.5) is 0 Å². The smallest absolute Gasteiger partial charge is 0.0613 e. The van der Waals surface area contributed by atoms with Gasteiger partial charge in [-0.15, -0.1) is 0 Å². The maximum absolute atomic E-state index is 9.67. The van der Waals surface area contributed by atoms with Crippen LogP contribution in [0.5, 0.6) is 0 Å². The normalized spacial score (nSPS) is 33.9. The van der Waals surface area contributed by atoms with Gasteiger partial charge in [-0.25, -0.2) is 0 Å². The largest absolute Gasteiger partial charge is 0.396 e. The molecule has 0 aromatic heterocycles. The van der Waals surface area contributed by atoms with Crippen LogP contribution in [0.15, 0.2) is 0 Å². The van der Waals surface area contributed by atoms with Gasteiger partial charge in [0.1, 0.15) is 0 Å². The first-order valence-corrected chi connectivity index (χ1v) is 6.40. The van der Waals surface area contributed by atoms with Gasteiger partial charge in [-0.1, -0.05) is 20.8 Å². The Morgan fingerprint density at radius 2 is 1.94 bits per heavy atom. The van der Waals surface area contributed by atoms with Gasteiger partial charge >= 0.3 is 0 Å². The Hall–Kier alpha value is -0.120. The molecule has 1 fully saturated rings. The molecule has 0 saturated heterocycles. The Morgan fingerprint density at radius 3 is 2.44 bits per heavy atom. The molecule has 0 heterocycles. The summed E-state index contributed by atoms with van der Waals surface area (Å²) in [4.78, 5) is 0. The summed E-state index contributed by atoms with van der Waals surface area (Å²) in [6, 6.07) is 0. The fourth-order valence-corrected chi connectivity index (χ4v) is 3.49. The Bertz CT molecular complexity index is 218. The van der Waals surface area contributed by atoms with Gasteiger partial charge in [0.15, 0.2) is 0 Å². The molecular formula is C13H27NO2. The molecular weight excluding hydrogens is 202 g/mol. The molecule has 3 N–H and O–H groups in total. The molecule has 2 atom stereocenters.